The SMILES string of the molecule is OC1Nc2ccc(Cl)cc2C12NCCCCc1c2[nH]c2ccccc12. The minimum Gasteiger partial charge on any atom is -0.371 e. The summed E-state index contributed by atoms with van der Waals surface area (Å²) < 4.78 is 0. The number of halogens is 1. The molecule has 0 radical (unpaired) electrons. The Bertz CT molecular complexity index is 967. The number of hydrogen-bond acceptors (Lipinski definition) is 3. The average molecular weight is 354 g/mol. The van der Waals surface area contributed by atoms with Gasteiger partial charge in [0.1, 0.15) is 5.54 Å². The second-order valence-corrected chi connectivity index (χ2v) is 7.39. The normalized spacial score (nSPS) is 25.3. The lowest BCUT2D eigenvalue weighted by Gasteiger charge is -2.36. The van der Waals surface area contributed by atoms with Crippen molar-refractivity contribution in [1.29, 1.82) is 0 Å². The summed E-state index contributed by atoms with van der Waals surface area (Å²) in [5, 5.41) is 19.9. The van der Waals surface area contributed by atoms with E-state index < -0.39 is 11.8 Å². The predicted molar refractivity (Wildman–Crippen MR) is 101 cm³/mol. The van der Waals surface area contributed by atoms with Gasteiger partial charge in [-0.1, -0.05) is 29.8 Å². The first-order chi connectivity index (χ1) is 12.2. The Morgan fingerprint density at radius 3 is 2.92 bits per heavy atom. The number of rotatable bonds is 0. The third kappa shape index (κ3) is 2.08. The maximum atomic E-state index is 11.1. The zero-order chi connectivity index (χ0) is 17.0. The van der Waals surface area contributed by atoms with E-state index in [9.17, 15) is 5.11 Å². The fourth-order valence-corrected chi connectivity index (χ4v) is 4.60. The third-order valence-corrected chi connectivity index (χ3v) is 5.81. The Balaban J connectivity index is 1.84. The number of benzene rings is 2. The average Bonchev–Trinajstić information content (AvgIpc) is 3.08. The van der Waals surface area contributed by atoms with Crippen molar-refractivity contribution in [2.24, 2.45) is 0 Å². The molecule has 0 bridgehead atoms. The van der Waals surface area contributed by atoms with E-state index in [0.29, 0.717) is 5.02 Å². The highest BCUT2D eigenvalue weighted by Gasteiger charge is 2.50. The van der Waals surface area contributed by atoms with Gasteiger partial charge in [0, 0.05) is 32.9 Å². The molecule has 128 valence electrons. The summed E-state index contributed by atoms with van der Waals surface area (Å²) in [5.74, 6) is 0. The van der Waals surface area contributed by atoms with E-state index >= 15 is 0 Å². The topological polar surface area (TPSA) is 60.1 Å². The second kappa shape index (κ2) is 5.49. The Kier molecular flexibility index (Phi) is 3.35. The van der Waals surface area contributed by atoms with Crippen LogP contribution in [0.5, 0.6) is 0 Å². The summed E-state index contributed by atoms with van der Waals surface area (Å²) in [6, 6.07) is 14.1. The number of aromatic nitrogens is 1. The van der Waals surface area contributed by atoms with Crippen LogP contribution in [0.15, 0.2) is 42.5 Å². The van der Waals surface area contributed by atoms with Crippen LogP contribution in [-0.4, -0.2) is 22.9 Å². The number of nitrogens with one attached hydrogen (secondary N) is 3. The molecule has 2 aromatic carbocycles. The van der Waals surface area contributed by atoms with Crippen LogP contribution in [0, 0.1) is 0 Å². The highest BCUT2D eigenvalue weighted by molar-refractivity contribution is 6.30. The first-order valence-corrected chi connectivity index (χ1v) is 9.17. The van der Waals surface area contributed by atoms with Crippen LogP contribution < -0.4 is 10.6 Å². The van der Waals surface area contributed by atoms with Gasteiger partial charge in [0.05, 0.1) is 0 Å². The van der Waals surface area contributed by atoms with E-state index in [1.54, 1.807) is 0 Å². The van der Waals surface area contributed by atoms with Crippen molar-refractivity contribution < 1.29 is 5.11 Å². The van der Waals surface area contributed by atoms with Crippen molar-refractivity contribution in [3.63, 3.8) is 0 Å². The fourth-order valence-electron chi connectivity index (χ4n) is 4.43. The van der Waals surface area contributed by atoms with E-state index in [4.69, 9.17) is 11.6 Å². The van der Waals surface area contributed by atoms with Crippen LogP contribution in [0.4, 0.5) is 5.69 Å². The Morgan fingerprint density at radius 2 is 2.00 bits per heavy atom. The Labute approximate surface area is 151 Å². The number of fused-ring (bicyclic) bond motifs is 6. The molecule has 2 atom stereocenters. The van der Waals surface area contributed by atoms with Crippen LogP contribution in [-0.2, 0) is 12.0 Å². The monoisotopic (exact) mass is 353 g/mol. The molecular formula is C20H20ClN3O. The van der Waals surface area contributed by atoms with Crippen molar-refractivity contribution in [3.05, 3.63) is 64.3 Å². The first kappa shape index (κ1) is 15.3. The van der Waals surface area contributed by atoms with Gasteiger partial charge < -0.3 is 15.4 Å². The molecule has 0 saturated carbocycles. The summed E-state index contributed by atoms with van der Waals surface area (Å²) in [4.78, 5) is 3.60. The number of anilines is 1. The van der Waals surface area contributed by atoms with Crippen molar-refractivity contribution in [2.75, 3.05) is 11.9 Å². The quantitative estimate of drug-likeness (QED) is 0.498. The summed E-state index contributed by atoms with van der Waals surface area (Å²) in [7, 11) is 0. The lowest BCUT2D eigenvalue weighted by molar-refractivity contribution is 0.112. The van der Waals surface area contributed by atoms with Crippen LogP contribution >= 0.6 is 11.6 Å². The molecule has 1 spiro atoms. The molecule has 3 aromatic rings. The molecular weight excluding hydrogens is 334 g/mol. The van der Waals surface area contributed by atoms with Crippen molar-refractivity contribution in [1.82, 2.24) is 10.3 Å². The molecule has 4 N–H and O–H groups in total. The molecule has 2 aliphatic heterocycles. The van der Waals surface area contributed by atoms with Crippen molar-refractivity contribution in [2.45, 2.75) is 31.0 Å². The van der Waals surface area contributed by atoms with E-state index in [2.05, 4.69) is 33.8 Å². The molecule has 2 aliphatic rings. The molecule has 1 aromatic heterocycles. The van der Waals surface area contributed by atoms with E-state index in [1.165, 1.54) is 10.9 Å². The number of H-pyrrole nitrogens is 1. The highest BCUT2D eigenvalue weighted by Crippen LogP contribution is 2.47. The van der Waals surface area contributed by atoms with Gasteiger partial charge in [0.25, 0.3) is 0 Å². The van der Waals surface area contributed by atoms with E-state index in [-0.39, 0.29) is 0 Å². The van der Waals surface area contributed by atoms with Crippen LogP contribution in [0.25, 0.3) is 10.9 Å². The van der Waals surface area contributed by atoms with Gasteiger partial charge >= 0.3 is 0 Å². The molecule has 3 heterocycles. The van der Waals surface area contributed by atoms with Gasteiger partial charge in [-0.25, -0.2) is 0 Å². The summed E-state index contributed by atoms with van der Waals surface area (Å²) in [6.07, 6.45) is 2.45. The molecule has 4 nitrogen and oxygen atoms in total. The fraction of sp³-hybridized carbons (Fsp3) is 0.300. The number of aromatic amines is 1. The van der Waals surface area contributed by atoms with Gasteiger partial charge in [0.2, 0.25) is 0 Å². The number of aliphatic hydroxyl groups is 1. The van der Waals surface area contributed by atoms with E-state index in [1.807, 2.05) is 24.3 Å². The Morgan fingerprint density at radius 1 is 1.12 bits per heavy atom. The lowest BCUT2D eigenvalue weighted by Crippen LogP contribution is -2.53. The third-order valence-electron chi connectivity index (χ3n) is 5.57. The minimum absolute atomic E-state index is 0.676. The number of aryl methyl sites for hydroxylation is 1. The van der Waals surface area contributed by atoms with Crippen LogP contribution in [0.1, 0.15) is 29.7 Å². The molecule has 0 amide bonds. The molecule has 0 fully saturated rings. The first-order valence-electron chi connectivity index (χ1n) is 8.80. The van der Waals surface area contributed by atoms with Crippen LogP contribution in [0.3, 0.4) is 0 Å². The van der Waals surface area contributed by atoms with Crippen molar-refractivity contribution in [3.8, 4) is 0 Å². The van der Waals surface area contributed by atoms with Gasteiger partial charge in [-0.2, -0.15) is 0 Å². The van der Waals surface area contributed by atoms with Crippen LogP contribution in [0.2, 0.25) is 5.02 Å². The highest BCUT2D eigenvalue weighted by atomic mass is 35.5. The minimum atomic E-state index is -0.758. The molecule has 5 rings (SSSR count). The number of aliphatic hydroxyl groups excluding tert-OH is 1. The second-order valence-electron chi connectivity index (χ2n) is 6.95. The summed E-state index contributed by atoms with van der Waals surface area (Å²) in [5.41, 5.74) is 4.66. The lowest BCUT2D eigenvalue weighted by atomic mass is 9.82. The summed E-state index contributed by atoms with van der Waals surface area (Å²) in [6.45, 7) is 0.847. The maximum absolute atomic E-state index is 11.1. The molecule has 2 unspecified atom stereocenters. The molecule has 0 saturated heterocycles. The van der Waals surface area contributed by atoms with E-state index in [0.717, 1.165) is 48.3 Å². The number of para-hydroxylation sites is 1. The largest absolute Gasteiger partial charge is 0.371 e. The van der Waals surface area contributed by atoms with Gasteiger partial charge in [-0.05, 0) is 55.6 Å². The molecule has 0 aliphatic carbocycles. The zero-order valence-corrected chi connectivity index (χ0v) is 14.5. The smallest absolute Gasteiger partial charge is 0.152 e. The summed E-state index contributed by atoms with van der Waals surface area (Å²) >= 11 is 6.30. The maximum Gasteiger partial charge on any atom is 0.152 e. The van der Waals surface area contributed by atoms with Gasteiger partial charge in [-0.15, -0.1) is 0 Å². The zero-order valence-electron chi connectivity index (χ0n) is 13.8. The number of hydrogen-bond donors (Lipinski definition) is 4. The Hall–Kier alpha value is -2.01. The van der Waals surface area contributed by atoms with Crippen molar-refractivity contribution >= 4 is 28.2 Å². The molecule has 25 heavy (non-hydrogen) atoms. The van der Waals surface area contributed by atoms with Gasteiger partial charge in [-0.3, -0.25) is 5.32 Å². The predicted octanol–water partition coefficient (Wildman–Crippen LogP) is 3.73. The standard InChI is InChI=1S/C20H20ClN3O/c21-12-8-9-17-15(11-12)20(19(25)24-17)18-14(6-3-4-10-22-20)13-5-1-2-7-16(13)23-18/h1-2,5,7-9,11,19,22-25H,3-4,6,10H2. The molecule has 5 heteroatoms. The van der Waals surface area contributed by atoms with Gasteiger partial charge in [0.15, 0.2) is 6.23 Å².